The molecule has 0 spiro atoms. The fourth-order valence-corrected chi connectivity index (χ4v) is 3.17. The van der Waals surface area contributed by atoms with E-state index in [0.29, 0.717) is 17.9 Å². The highest BCUT2D eigenvalue weighted by atomic mass is 16.7. The van der Waals surface area contributed by atoms with E-state index in [4.69, 9.17) is 9.47 Å². The van der Waals surface area contributed by atoms with Gasteiger partial charge in [-0.2, -0.15) is 0 Å². The van der Waals surface area contributed by atoms with E-state index < -0.39 is 23.9 Å². The molecule has 8 nitrogen and oxygen atoms in total. The summed E-state index contributed by atoms with van der Waals surface area (Å²) in [6.45, 7) is 0.120. The fourth-order valence-electron chi connectivity index (χ4n) is 3.17. The molecule has 2 aliphatic rings. The summed E-state index contributed by atoms with van der Waals surface area (Å²) in [5.41, 5.74) is 1.77. The van der Waals surface area contributed by atoms with Gasteiger partial charge in [0.05, 0.1) is 0 Å². The van der Waals surface area contributed by atoms with Gasteiger partial charge in [-0.3, -0.25) is 14.5 Å². The molecule has 0 aliphatic carbocycles. The zero-order chi connectivity index (χ0) is 19.5. The van der Waals surface area contributed by atoms with Crippen molar-refractivity contribution in [3.63, 3.8) is 0 Å². The minimum Gasteiger partial charge on any atom is -0.454 e. The van der Waals surface area contributed by atoms with Gasteiger partial charge in [-0.25, -0.2) is 4.79 Å². The zero-order valence-corrected chi connectivity index (χ0v) is 15.0. The van der Waals surface area contributed by atoms with E-state index in [1.807, 2.05) is 36.4 Å². The van der Waals surface area contributed by atoms with Crippen molar-refractivity contribution in [1.82, 2.24) is 15.5 Å². The molecule has 144 valence electrons. The lowest BCUT2D eigenvalue weighted by atomic mass is 10.1. The molecule has 2 aromatic rings. The van der Waals surface area contributed by atoms with Gasteiger partial charge in [0.15, 0.2) is 11.5 Å². The molecule has 1 atom stereocenters. The van der Waals surface area contributed by atoms with E-state index in [-0.39, 0.29) is 19.9 Å². The molecule has 0 saturated carbocycles. The number of amides is 4. The number of fused-ring (bicyclic) bond motifs is 1. The van der Waals surface area contributed by atoms with Gasteiger partial charge in [-0.15, -0.1) is 0 Å². The Bertz CT molecular complexity index is 915. The van der Waals surface area contributed by atoms with Crippen molar-refractivity contribution in [1.29, 1.82) is 0 Å². The summed E-state index contributed by atoms with van der Waals surface area (Å²) in [6.07, 6.45) is 0.390. The van der Waals surface area contributed by atoms with Crippen LogP contribution >= 0.6 is 0 Å². The Balaban J connectivity index is 1.31. The molecule has 4 amide bonds. The highest BCUT2D eigenvalue weighted by Gasteiger charge is 2.38. The van der Waals surface area contributed by atoms with E-state index >= 15 is 0 Å². The van der Waals surface area contributed by atoms with Crippen molar-refractivity contribution < 1.29 is 23.9 Å². The third kappa shape index (κ3) is 3.75. The van der Waals surface area contributed by atoms with Crippen LogP contribution in [-0.2, 0) is 22.6 Å². The second-order valence-electron chi connectivity index (χ2n) is 6.58. The summed E-state index contributed by atoms with van der Waals surface area (Å²) in [5, 5.41) is 5.35. The third-order valence-corrected chi connectivity index (χ3v) is 4.62. The van der Waals surface area contributed by atoms with Crippen LogP contribution in [0.3, 0.4) is 0 Å². The molecule has 0 radical (unpaired) electrons. The highest BCUT2D eigenvalue weighted by molar-refractivity contribution is 6.06. The second kappa shape index (κ2) is 7.59. The summed E-state index contributed by atoms with van der Waals surface area (Å²) in [4.78, 5) is 37.8. The molecule has 28 heavy (non-hydrogen) atoms. The molecule has 2 aliphatic heterocycles. The number of hydrogen-bond acceptors (Lipinski definition) is 5. The Morgan fingerprint density at radius 2 is 1.86 bits per heavy atom. The van der Waals surface area contributed by atoms with Crippen molar-refractivity contribution in [2.45, 2.75) is 19.0 Å². The Morgan fingerprint density at radius 3 is 2.68 bits per heavy atom. The van der Waals surface area contributed by atoms with E-state index in [1.54, 1.807) is 12.1 Å². The minimum atomic E-state index is -0.656. The lowest BCUT2D eigenvalue weighted by molar-refractivity contribution is -0.132. The summed E-state index contributed by atoms with van der Waals surface area (Å²) < 4.78 is 10.5. The summed E-state index contributed by atoms with van der Waals surface area (Å²) in [6, 6.07) is 13.6. The molecule has 1 fully saturated rings. The van der Waals surface area contributed by atoms with Crippen LogP contribution in [0, 0.1) is 0 Å². The maximum atomic E-state index is 12.5. The number of ether oxygens (including phenoxy) is 2. The van der Waals surface area contributed by atoms with Gasteiger partial charge in [0.2, 0.25) is 12.7 Å². The molecule has 2 heterocycles. The number of nitrogens with zero attached hydrogens (tertiary/aromatic N) is 1. The van der Waals surface area contributed by atoms with Gasteiger partial charge in [0.25, 0.3) is 5.91 Å². The standard InChI is InChI=1S/C20H19N3O5/c24-18(21-10-14-6-7-16-17(9-14)28-12-27-16)11-23-19(25)15(22-20(23)26)8-13-4-2-1-3-5-13/h1-7,9,15H,8,10-12H2,(H,21,24)(H,22,26)/t15-/m1/s1. The van der Waals surface area contributed by atoms with Crippen LogP contribution in [0.25, 0.3) is 0 Å². The SMILES string of the molecule is O=C(CN1C(=O)N[C@H](Cc2ccccc2)C1=O)NCc1ccc2c(c1)OCO2. The van der Waals surface area contributed by atoms with Crippen LogP contribution in [-0.4, -0.2) is 42.1 Å². The summed E-state index contributed by atoms with van der Waals surface area (Å²) in [5.74, 6) is 0.483. The van der Waals surface area contributed by atoms with Gasteiger partial charge in [-0.1, -0.05) is 36.4 Å². The van der Waals surface area contributed by atoms with Crippen LogP contribution in [0.1, 0.15) is 11.1 Å². The fraction of sp³-hybridized carbons (Fsp3) is 0.250. The van der Waals surface area contributed by atoms with Gasteiger partial charge < -0.3 is 20.1 Å². The first-order valence-electron chi connectivity index (χ1n) is 8.91. The van der Waals surface area contributed by atoms with Gasteiger partial charge in [0, 0.05) is 13.0 Å². The van der Waals surface area contributed by atoms with E-state index in [2.05, 4.69) is 10.6 Å². The second-order valence-corrected chi connectivity index (χ2v) is 6.58. The van der Waals surface area contributed by atoms with Gasteiger partial charge >= 0.3 is 6.03 Å². The lowest BCUT2D eigenvalue weighted by Gasteiger charge is -2.13. The molecule has 1 saturated heterocycles. The number of benzene rings is 2. The van der Waals surface area contributed by atoms with Crippen molar-refractivity contribution in [3.05, 3.63) is 59.7 Å². The van der Waals surface area contributed by atoms with Crippen molar-refractivity contribution in [3.8, 4) is 11.5 Å². The maximum absolute atomic E-state index is 12.5. The molecular formula is C20H19N3O5. The molecule has 0 bridgehead atoms. The molecule has 0 aromatic heterocycles. The van der Waals surface area contributed by atoms with Crippen LogP contribution in [0.5, 0.6) is 11.5 Å². The maximum Gasteiger partial charge on any atom is 0.325 e. The van der Waals surface area contributed by atoms with E-state index in [0.717, 1.165) is 16.0 Å². The third-order valence-electron chi connectivity index (χ3n) is 4.62. The molecular weight excluding hydrogens is 362 g/mol. The average Bonchev–Trinajstić information content (AvgIpc) is 3.27. The number of imide groups is 1. The zero-order valence-electron chi connectivity index (χ0n) is 15.0. The molecule has 2 N–H and O–H groups in total. The highest BCUT2D eigenvalue weighted by Crippen LogP contribution is 2.32. The van der Waals surface area contributed by atoms with Crippen molar-refractivity contribution in [2.75, 3.05) is 13.3 Å². The summed E-state index contributed by atoms with van der Waals surface area (Å²) >= 11 is 0. The molecule has 0 unspecified atom stereocenters. The molecule has 4 rings (SSSR count). The normalized spacial score (nSPS) is 17.6. The lowest BCUT2D eigenvalue weighted by Crippen LogP contribution is -2.41. The predicted octanol–water partition coefficient (Wildman–Crippen LogP) is 1.19. The Kier molecular flexibility index (Phi) is 4.84. The first kappa shape index (κ1) is 17.8. The van der Waals surface area contributed by atoms with Gasteiger partial charge in [0.1, 0.15) is 12.6 Å². The number of carbonyl (C=O) groups is 3. The van der Waals surface area contributed by atoms with Crippen LogP contribution in [0.2, 0.25) is 0 Å². The van der Waals surface area contributed by atoms with Crippen molar-refractivity contribution in [2.24, 2.45) is 0 Å². The number of carbonyl (C=O) groups excluding carboxylic acids is 3. The minimum absolute atomic E-state index is 0.182. The van der Waals surface area contributed by atoms with Crippen LogP contribution in [0.4, 0.5) is 4.79 Å². The largest absolute Gasteiger partial charge is 0.454 e. The van der Waals surface area contributed by atoms with Gasteiger partial charge in [-0.05, 0) is 23.3 Å². The summed E-state index contributed by atoms with van der Waals surface area (Å²) in [7, 11) is 0. The molecule has 8 heteroatoms. The Labute approximate surface area is 161 Å². The average molecular weight is 381 g/mol. The predicted molar refractivity (Wildman–Crippen MR) is 98.6 cm³/mol. The number of urea groups is 1. The molecule has 2 aromatic carbocycles. The number of nitrogens with one attached hydrogen (secondary N) is 2. The number of rotatable bonds is 6. The van der Waals surface area contributed by atoms with Crippen molar-refractivity contribution >= 4 is 17.8 Å². The number of hydrogen-bond donors (Lipinski definition) is 2. The van der Waals surface area contributed by atoms with Crippen LogP contribution < -0.4 is 20.1 Å². The first-order valence-corrected chi connectivity index (χ1v) is 8.91. The van der Waals surface area contributed by atoms with E-state index in [1.165, 1.54) is 0 Å². The van der Waals surface area contributed by atoms with Crippen LogP contribution in [0.15, 0.2) is 48.5 Å². The quantitative estimate of drug-likeness (QED) is 0.733. The van der Waals surface area contributed by atoms with E-state index in [9.17, 15) is 14.4 Å². The topological polar surface area (TPSA) is 97.0 Å². The Morgan fingerprint density at radius 1 is 1.07 bits per heavy atom. The monoisotopic (exact) mass is 381 g/mol. The smallest absolute Gasteiger partial charge is 0.325 e. The first-order chi connectivity index (χ1) is 13.6. The Hall–Kier alpha value is -3.55.